The zero-order valence-corrected chi connectivity index (χ0v) is 17.7. The highest BCUT2D eigenvalue weighted by molar-refractivity contribution is 6.74. The molecule has 1 aliphatic rings. The van der Waals surface area contributed by atoms with E-state index in [1.807, 2.05) is 25.1 Å². The van der Waals surface area contributed by atoms with Crippen LogP contribution in [-0.2, 0) is 9.22 Å². The van der Waals surface area contributed by atoms with E-state index in [-0.39, 0.29) is 41.3 Å². The Morgan fingerprint density at radius 3 is 2.31 bits per heavy atom. The molecule has 5 nitrogen and oxygen atoms in total. The number of nitrogens with one attached hydrogen (secondary N) is 1. The molecule has 0 aliphatic carbocycles. The van der Waals surface area contributed by atoms with E-state index in [9.17, 15) is 9.59 Å². The number of amides is 1. The Bertz CT molecular complexity index is 655. The summed E-state index contributed by atoms with van der Waals surface area (Å²) >= 11 is 0. The second kappa shape index (κ2) is 7.62. The van der Waals surface area contributed by atoms with Gasteiger partial charge in [-0.15, -0.1) is 0 Å². The molecule has 0 bridgehead atoms. The highest BCUT2D eigenvalue weighted by Gasteiger charge is 2.51. The number of carbonyl (C=O) groups excluding carboxylic acids is 2. The molecule has 0 radical (unpaired) electrons. The average molecular weight is 377 g/mol. The monoisotopic (exact) mass is 376 g/mol. The summed E-state index contributed by atoms with van der Waals surface area (Å²) < 4.78 is 6.41. The highest BCUT2D eigenvalue weighted by Crippen LogP contribution is 2.39. The average Bonchev–Trinajstić information content (AvgIpc) is 2.53. The van der Waals surface area contributed by atoms with Crippen LogP contribution >= 0.6 is 0 Å². The van der Waals surface area contributed by atoms with Gasteiger partial charge in [-0.05, 0) is 25.1 Å². The van der Waals surface area contributed by atoms with Crippen molar-refractivity contribution in [1.29, 1.82) is 0 Å². The first kappa shape index (κ1) is 20.8. The van der Waals surface area contributed by atoms with Crippen LogP contribution in [0.3, 0.4) is 0 Å². The van der Waals surface area contributed by atoms with Crippen LogP contribution in [0.25, 0.3) is 0 Å². The van der Waals surface area contributed by atoms with Crippen LogP contribution in [0, 0.1) is 11.8 Å². The number of carbonyl (C=O) groups is 2. The first-order chi connectivity index (χ1) is 12.0. The first-order valence-electron chi connectivity index (χ1n) is 9.27. The van der Waals surface area contributed by atoms with E-state index in [1.54, 1.807) is 12.1 Å². The van der Waals surface area contributed by atoms with Gasteiger partial charge >= 0.3 is 0 Å². The number of β-lactam (4-membered cyclic amide) rings is 1. The van der Waals surface area contributed by atoms with Gasteiger partial charge in [0.15, 0.2) is 14.1 Å². The van der Waals surface area contributed by atoms with Crippen molar-refractivity contribution >= 4 is 20.0 Å². The van der Waals surface area contributed by atoms with Gasteiger partial charge in [-0.25, -0.2) is 0 Å². The van der Waals surface area contributed by atoms with Crippen LogP contribution in [0.2, 0.25) is 18.1 Å². The molecule has 0 aromatic heterocycles. The number of hydrogen-bond donors (Lipinski definition) is 2. The third-order valence-corrected chi connectivity index (χ3v) is 10.4. The fourth-order valence-corrected chi connectivity index (χ4v) is 4.65. The molecule has 1 unspecified atom stereocenters. The molecular formula is C20H32N2O3Si. The van der Waals surface area contributed by atoms with Crippen molar-refractivity contribution in [3.8, 4) is 0 Å². The Morgan fingerprint density at radius 2 is 1.85 bits per heavy atom. The summed E-state index contributed by atoms with van der Waals surface area (Å²) in [5.74, 6) is -0.862. The third kappa shape index (κ3) is 4.08. The van der Waals surface area contributed by atoms with Crippen molar-refractivity contribution < 1.29 is 14.0 Å². The van der Waals surface area contributed by atoms with Gasteiger partial charge in [0, 0.05) is 12.1 Å². The van der Waals surface area contributed by atoms with Crippen LogP contribution in [0.4, 0.5) is 0 Å². The largest absolute Gasteiger partial charge is 0.413 e. The summed E-state index contributed by atoms with van der Waals surface area (Å²) in [6.07, 6.45) is -0.243. The molecule has 1 aromatic carbocycles. The number of hydrogen-bond acceptors (Lipinski definition) is 4. The van der Waals surface area contributed by atoms with E-state index < -0.39 is 14.2 Å². The molecule has 0 spiro atoms. The summed E-state index contributed by atoms with van der Waals surface area (Å²) in [7, 11) is -2.00. The van der Waals surface area contributed by atoms with Gasteiger partial charge in [0.05, 0.1) is 24.0 Å². The number of benzene rings is 1. The fraction of sp³-hybridized carbons (Fsp3) is 0.600. The van der Waals surface area contributed by atoms with Gasteiger partial charge < -0.3 is 15.5 Å². The Labute approximate surface area is 157 Å². The third-order valence-electron chi connectivity index (χ3n) is 5.87. The molecule has 1 aliphatic heterocycles. The van der Waals surface area contributed by atoms with E-state index in [1.165, 1.54) is 0 Å². The van der Waals surface area contributed by atoms with Gasteiger partial charge in [0.2, 0.25) is 5.91 Å². The molecule has 1 saturated heterocycles. The van der Waals surface area contributed by atoms with Gasteiger partial charge in [0.25, 0.3) is 0 Å². The summed E-state index contributed by atoms with van der Waals surface area (Å²) in [6.45, 7) is 13.0. The van der Waals surface area contributed by atoms with Crippen molar-refractivity contribution in [3.05, 3.63) is 35.9 Å². The van der Waals surface area contributed by atoms with Crippen LogP contribution < -0.4 is 11.1 Å². The number of nitrogens with two attached hydrogens (primary N) is 1. The Morgan fingerprint density at radius 1 is 1.27 bits per heavy atom. The van der Waals surface area contributed by atoms with Gasteiger partial charge in [-0.3, -0.25) is 9.59 Å². The quantitative estimate of drug-likeness (QED) is 0.435. The maximum Gasteiger partial charge on any atom is 0.228 e. The molecule has 6 heteroatoms. The number of ketones is 1. The fourth-order valence-electron chi connectivity index (χ4n) is 3.22. The summed E-state index contributed by atoms with van der Waals surface area (Å²) in [4.78, 5) is 25.1. The van der Waals surface area contributed by atoms with Crippen LogP contribution in [0.1, 0.15) is 38.1 Å². The second-order valence-corrected chi connectivity index (χ2v) is 13.5. The van der Waals surface area contributed by atoms with Crippen molar-refractivity contribution in [2.75, 3.05) is 6.54 Å². The van der Waals surface area contributed by atoms with Crippen molar-refractivity contribution in [2.45, 2.75) is 58.0 Å². The molecule has 0 saturated carbocycles. The van der Waals surface area contributed by atoms with Crippen LogP contribution in [0.5, 0.6) is 0 Å². The normalized spacial score (nSPS) is 23.0. The van der Waals surface area contributed by atoms with Crippen molar-refractivity contribution in [1.82, 2.24) is 5.32 Å². The Hall–Kier alpha value is -1.50. The molecule has 1 aromatic rings. The second-order valence-electron chi connectivity index (χ2n) is 8.72. The van der Waals surface area contributed by atoms with E-state index in [2.05, 4.69) is 39.2 Å². The summed E-state index contributed by atoms with van der Waals surface area (Å²) in [6, 6.07) is 8.84. The van der Waals surface area contributed by atoms with Gasteiger partial charge in [-0.2, -0.15) is 0 Å². The highest BCUT2D eigenvalue weighted by atomic mass is 28.4. The maximum absolute atomic E-state index is 12.9. The molecule has 144 valence electrons. The van der Waals surface area contributed by atoms with Gasteiger partial charge in [-0.1, -0.05) is 51.1 Å². The minimum Gasteiger partial charge on any atom is -0.413 e. The standard InChI is InChI=1S/C20H32N2O3Si/c1-13(25-26(5,6)20(2,3)4)16-17(22-19(16)24)15(12-21)18(23)14-10-8-7-9-11-14/h7-11,13,15-17H,12,21H2,1-6H3,(H,22,24)/t13-,15?,16-,17-/m1/s1. The first-order valence-corrected chi connectivity index (χ1v) is 12.2. The Balaban J connectivity index is 2.16. The summed E-state index contributed by atoms with van der Waals surface area (Å²) in [5.41, 5.74) is 6.55. The maximum atomic E-state index is 12.9. The molecule has 1 amide bonds. The molecule has 26 heavy (non-hydrogen) atoms. The molecule has 3 N–H and O–H groups in total. The Kier molecular flexibility index (Phi) is 6.10. The number of Topliss-reactive ketones (excluding diaryl/α,β-unsaturated/α-hetero) is 1. The van der Waals surface area contributed by atoms with E-state index >= 15 is 0 Å². The lowest BCUT2D eigenvalue weighted by Crippen LogP contribution is -2.68. The van der Waals surface area contributed by atoms with Crippen molar-refractivity contribution in [2.24, 2.45) is 17.6 Å². The van der Waals surface area contributed by atoms with Crippen LogP contribution in [-0.4, -0.2) is 38.7 Å². The molecule has 2 rings (SSSR count). The molecule has 4 atom stereocenters. The minimum absolute atomic E-state index is 0.0253. The lowest BCUT2D eigenvalue weighted by Gasteiger charge is -2.47. The lowest BCUT2D eigenvalue weighted by molar-refractivity contribution is -0.141. The summed E-state index contributed by atoms with van der Waals surface area (Å²) in [5, 5.41) is 2.96. The lowest BCUT2D eigenvalue weighted by atomic mass is 9.75. The minimum atomic E-state index is -2.00. The predicted octanol–water partition coefficient (Wildman–Crippen LogP) is 2.97. The van der Waals surface area contributed by atoms with Crippen LogP contribution in [0.15, 0.2) is 30.3 Å². The smallest absolute Gasteiger partial charge is 0.228 e. The topological polar surface area (TPSA) is 81.4 Å². The number of rotatable bonds is 7. The molecular weight excluding hydrogens is 344 g/mol. The SMILES string of the molecule is C[C@@H](O[Si](C)(C)C(C)(C)C)[C@H]1C(=O)N[C@@H]1C(CN)C(=O)c1ccccc1. The zero-order valence-electron chi connectivity index (χ0n) is 16.7. The molecule has 1 fully saturated rings. The zero-order chi connectivity index (χ0) is 19.7. The van der Waals surface area contributed by atoms with E-state index in [0.717, 1.165) is 0 Å². The van der Waals surface area contributed by atoms with E-state index in [0.29, 0.717) is 5.56 Å². The molecule has 1 heterocycles. The predicted molar refractivity (Wildman–Crippen MR) is 106 cm³/mol. The van der Waals surface area contributed by atoms with E-state index in [4.69, 9.17) is 10.2 Å². The van der Waals surface area contributed by atoms with Crippen molar-refractivity contribution in [3.63, 3.8) is 0 Å². The van der Waals surface area contributed by atoms with Gasteiger partial charge in [0.1, 0.15) is 0 Å².